The molecular weight excluding hydrogens is 1190 g/mol. The normalized spacial score (nSPS) is 11.1. The second kappa shape index (κ2) is 29.5. The largest absolute Gasteiger partial charge is 0.334 e. The van der Waals surface area contributed by atoms with Crippen molar-refractivity contribution in [2.24, 2.45) is 61.8 Å². The molecule has 6 aromatic carbocycles. The van der Waals surface area contributed by atoms with Gasteiger partial charge in [-0.3, -0.25) is 0 Å². The van der Waals surface area contributed by atoms with Gasteiger partial charge in [0, 0.05) is 139 Å². The molecule has 8 aromatic heterocycles. The number of aromatic nitrogens is 13. The van der Waals surface area contributed by atoms with Crippen molar-refractivity contribution in [3.05, 3.63) is 284 Å². The number of nitrogens with zero attached hydrogens (tertiary/aromatic N) is 13. The molecule has 0 spiro atoms. The zero-order valence-corrected chi connectivity index (χ0v) is 58.8. The van der Waals surface area contributed by atoms with Crippen molar-refractivity contribution in [3.63, 3.8) is 0 Å². The fourth-order valence-electron chi connectivity index (χ4n) is 12.8. The Bertz CT molecular complexity index is 4950. The summed E-state index contributed by atoms with van der Waals surface area (Å²) < 4.78 is 17.0. The highest BCUT2D eigenvalue weighted by molar-refractivity contribution is 5.78. The first-order valence-electron chi connectivity index (χ1n) is 33.0. The van der Waals surface area contributed by atoms with Gasteiger partial charge in [0.25, 0.3) is 0 Å². The van der Waals surface area contributed by atoms with Crippen molar-refractivity contribution in [2.75, 3.05) is 0 Å². The van der Waals surface area contributed by atoms with Crippen molar-refractivity contribution < 1.29 is 18.3 Å². The van der Waals surface area contributed by atoms with Crippen molar-refractivity contribution in [1.29, 1.82) is 0 Å². The molecule has 0 aliphatic carbocycles. The first-order valence-corrected chi connectivity index (χ1v) is 33.0. The summed E-state index contributed by atoms with van der Waals surface area (Å²) in [4.78, 5) is 14.6. The Morgan fingerprint density at radius 1 is 0.361 bits per heavy atom. The van der Waals surface area contributed by atoms with Crippen molar-refractivity contribution in [3.8, 4) is 113 Å². The second-order valence-corrected chi connectivity index (χ2v) is 26.2. The van der Waals surface area contributed by atoms with E-state index in [1.807, 2.05) is 60.3 Å². The second-order valence-electron chi connectivity index (χ2n) is 26.2. The quantitative estimate of drug-likeness (QED) is 0.120. The minimum atomic E-state index is 0.236. The van der Waals surface area contributed by atoms with Gasteiger partial charge < -0.3 is 18.3 Å². The van der Waals surface area contributed by atoms with Gasteiger partial charge >= 0.3 is 0 Å². The maximum atomic E-state index is 4.94. The molecule has 8 heterocycles. The number of hydrogen-bond acceptors (Lipinski definition) is 5. The molecule has 0 saturated carbocycles. The maximum Gasteiger partial charge on any atom is 0.212 e. The molecule has 0 bridgehead atoms. The molecule has 0 aliphatic rings. The van der Waals surface area contributed by atoms with Gasteiger partial charge in [-0.1, -0.05) is 130 Å². The van der Waals surface area contributed by atoms with Crippen LogP contribution in [0.1, 0.15) is 48.7 Å². The summed E-state index contributed by atoms with van der Waals surface area (Å²) in [5, 5.41) is 8.18. The third kappa shape index (κ3) is 15.0. The molecule has 0 radical (unpaired) electrons. The molecule has 14 aromatic rings. The molecule has 0 saturated heterocycles. The van der Waals surface area contributed by atoms with E-state index < -0.39 is 0 Å². The van der Waals surface area contributed by atoms with Crippen LogP contribution in [-0.2, 0) is 62.8 Å². The Morgan fingerprint density at radius 2 is 0.722 bits per heavy atom. The minimum Gasteiger partial charge on any atom is -0.334 e. The summed E-state index contributed by atoms with van der Waals surface area (Å²) in [7, 11) is 16.5. The Kier molecular flexibility index (Phi) is 20.4. The number of pyridine rings is 4. The minimum absolute atomic E-state index is 0.236. The Labute approximate surface area is 572 Å². The van der Waals surface area contributed by atoms with Crippen molar-refractivity contribution in [2.45, 2.75) is 54.9 Å². The standard InChI is InChI=1S/2C23H22N3.C22H28N3.C16H17N4/c1-17-19(22-14-7-8-15-25(22)2)12-9-13-20(17)23-24-21(16-26(23)3)18-10-5-4-6-11-18;1-17-19(21-14-7-8-15-25(21)2)12-9-13-20(17)23-24-16-22(26(23)3)18-10-5-4-6-11-18;1-16-18(20-12-7-8-13-24(20)5)10-9-11-19(16)21-23-17(15-25(21)6)14-22(2,3)4;1-12-13(15-9-4-5-10-19(15)2)7-6-8-14(12)16-18-17-11-20(16)3/h2*4-16H,1-3H3;7-13,15H,14H2,1-6H3;4-11H,1-3H3/q4*+1. The lowest BCUT2D eigenvalue weighted by molar-refractivity contribution is -0.660. The van der Waals surface area contributed by atoms with E-state index in [-0.39, 0.29) is 5.41 Å². The first kappa shape index (κ1) is 67.1. The first-order chi connectivity index (χ1) is 46.8. The van der Waals surface area contributed by atoms with Gasteiger partial charge in [0.15, 0.2) is 30.6 Å². The van der Waals surface area contributed by atoms with E-state index in [9.17, 15) is 0 Å². The number of benzene rings is 6. The Balaban J connectivity index is 0.000000132. The van der Waals surface area contributed by atoms with Gasteiger partial charge in [0.05, 0.1) is 23.3 Å². The molecule has 13 nitrogen and oxygen atoms in total. The third-order valence-electron chi connectivity index (χ3n) is 18.0. The van der Waals surface area contributed by atoms with Crippen LogP contribution in [0.15, 0.2) is 256 Å². The number of rotatable bonds is 11. The summed E-state index contributed by atoms with van der Waals surface area (Å²) in [6.07, 6.45) is 17.2. The highest BCUT2D eigenvalue weighted by Crippen LogP contribution is 2.36. The fourth-order valence-corrected chi connectivity index (χ4v) is 12.8. The van der Waals surface area contributed by atoms with E-state index in [1.165, 1.54) is 78.4 Å². The lowest BCUT2D eigenvalue weighted by Gasteiger charge is -2.15. The summed E-state index contributed by atoms with van der Waals surface area (Å²) in [5.41, 5.74) is 25.1. The molecule has 0 N–H and O–H groups in total. The van der Waals surface area contributed by atoms with Crippen LogP contribution in [0.25, 0.3) is 113 Å². The van der Waals surface area contributed by atoms with Gasteiger partial charge in [-0.05, 0) is 116 Å². The number of aryl methyl sites for hydroxylation is 7. The summed E-state index contributed by atoms with van der Waals surface area (Å²) in [6, 6.07) is 71.5. The summed E-state index contributed by atoms with van der Waals surface area (Å²) in [5.74, 6) is 3.91. The van der Waals surface area contributed by atoms with Crippen LogP contribution < -0.4 is 18.3 Å². The van der Waals surface area contributed by atoms with Crippen LogP contribution in [0.3, 0.4) is 0 Å². The van der Waals surface area contributed by atoms with Crippen LogP contribution in [-0.4, -0.2) is 43.4 Å². The molecule has 0 amide bonds. The number of imidazole rings is 3. The van der Waals surface area contributed by atoms with E-state index in [0.29, 0.717) is 0 Å². The fraction of sp³-hybridized carbons (Fsp3) is 0.202. The zero-order chi connectivity index (χ0) is 68.5. The molecular formula is C84H89N13+4. The summed E-state index contributed by atoms with van der Waals surface area (Å²) in [6.45, 7) is 15.4. The smallest absolute Gasteiger partial charge is 0.212 e. The molecule has 486 valence electrons. The predicted octanol–water partition coefficient (Wildman–Crippen LogP) is 15.9. The monoisotopic (exact) mass is 1280 g/mol. The Hall–Kier alpha value is -11.3. The average Bonchev–Trinajstić information content (AvgIpc) is 1.77. The Morgan fingerprint density at radius 3 is 1.11 bits per heavy atom. The molecule has 0 atom stereocenters. The molecule has 97 heavy (non-hydrogen) atoms. The van der Waals surface area contributed by atoms with E-state index in [2.05, 4.69) is 341 Å². The van der Waals surface area contributed by atoms with Crippen molar-refractivity contribution >= 4 is 0 Å². The molecule has 14 rings (SSSR count). The van der Waals surface area contributed by atoms with Crippen LogP contribution in [0.2, 0.25) is 0 Å². The highest BCUT2D eigenvalue weighted by atomic mass is 15.2. The lowest BCUT2D eigenvalue weighted by Crippen LogP contribution is -2.30. The SMILES string of the molecule is Cc1c(-c2nc(-c3ccccc3)cn2C)cccc1-c1cccc[n+]1C.Cc1c(-c2nc(CC(C)(C)C)cn2C)cccc1-c1cccc[n+]1C.Cc1c(-c2ncc(-c3ccccc3)n2C)cccc1-c1cccc[n+]1C.Cc1c(-c2nncn2C)cccc1-c1cccc[n+]1C. The van der Waals surface area contributed by atoms with E-state index in [4.69, 9.17) is 15.0 Å². The molecule has 13 heteroatoms. The van der Waals surface area contributed by atoms with Gasteiger partial charge in [-0.15, -0.1) is 10.2 Å². The van der Waals surface area contributed by atoms with E-state index >= 15 is 0 Å². The van der Waals surface area contributed by atoms with Gasteiger partial charge in [0.1, 0.15) is 52.0 Å². The lowest BCUT2D eigenvalue weighted by atomic mass is 9.91. The number of hydrogen-bond donors (Lipinski definition) is 0. The van der Waals surface area contributed by atoms with Crippen LogP contribution >= 0.6 is 0 Å². The van der Waals surface area contributed by atoms with Crippen LogP contribution in [0.4, 0.5) is 0 Å². The molecule has 0 aliphatic heterocycles. The van der Waals surface area contributed by atoms with Crippen LogP contribution in [0.5, 0.6) is 0 Å². The topological polar surface area (TPSA) is 99.7 Å². The van der Waals surface area contributed by atoms with Gasteiger partial charge in [-0.25, -0.2) is 33.2 Å². The molecule has 0 fully saturated rings. The molecule has 0 unspecified atom stereocenters. The third-order valence-corrected chi connectivity index (χ3v) is 18.0. The zero-order valence-electron chi connectivity index (χ0n) is 58.8. The average molecular weight is 1280 g/mol. The van der Waals surface area contributed by atoms with Crippen LogP contribution in [0, 0.1) is 33.1 Å². The maximum absolute atomic E-state index is 4.94. The van der Waals surface area contributed by atoms with Gasteiger partial charge in [0.2, 0.25) is 22.8 Å². The van der Waals surface area contributed by atoms with E-state index in [1.54, 1.807) is 6.33 Å². The highest BCUT2D eigenvalue weighted by Gasteiger charge is 2.23. The summed E-state index contributed by atoms with van der Waals surface area (Å²) >= 11 is 0. The van der Waals surface area contributed by atoms with Gasteiger partial charge in [-0.2, -0.15) is 0 Å². The van der Waals surface area contributed by atoms with E-state index in [0.717, 1.165) is 69.1 Å². The predicted molar refractivity (Wildman–Crippen MR) is 392 cm³/mol. The van der Waals surface area contributed by atoms with Crippen molar-refractivity contribution in [1.82, 2.24) is 43.4 Å².